The summed E-state index contributed by atoms with van der Waals surface area (Å²) in [4.78, 5) is 20.8. The third kappa shape index (κ3) is 8.36. The summed E-state index contributed by atoms with van der Waals surface area (Å²) in [5.74, 6) is -0.0315. The third-order valence-electron chi connectivity index (χ3n) is 4.73. The van der Waals surface area contributed by atoms with Gasteiger partial charge in [-0.2, -0.15) is 0 Å². The van der Waals surface area contributed by atoms with E-state index in [-0.39, 0.29) is 43.1 Å². The zero-order chi connectivity index (χ0) is 18.2. The van der Waals surface area contributed by atoms with Crippen molar-refractivity contribution in [1.82, 2.24) is 9.88 Å². The Kier molecular flexibility index (Phi) is 13.6. The molecule has 1 amide bonds. The number of rotatable bonds is 7. The Bertz CT molecular complexity index is 712. The molecule has 2 aromatic rings. The van der Waals surface area contributed by atoms with E-state index >= 15 is 0 Å². The van der Waals surface area contributed by atoms with Gasteiger partial charge in [0.25, 0.3) is 0 Å². The quantitative estimate of drug-likeness (QED) is 0.661. The van der Waals surface area contributed by atoms with Crippen LogP contribution in [0.15, 0.2) is 48.8 Å². The highest BCUT2D eigenvalue weighted by Gasteiger charge is 2.19. The monoisotopic (exact) mass is 461 g/mol. The van der Waals surface area contributed by atoms with Gasteiger partial charge in [-0.1, -0.05) is 12.1 Å². The molecule has 6 nitrogen and oxygen atoms in total. The van der Waals surface area contributed by atoms with E-state index < -0.39 is 0 Å². The van der Waals surface area contributed by atoms with Gasteiger partial charge in [0.05, 0.1) is 11.4 Å². The molecule has 1 aromatic carbocycles. The number of benzene rings is 1. The molecule has 1 fully saturated rings. The number of anilines is 2. The van der Waals surface area contributed by atoms with Crippen molar-refractivity contribution >= 4 is 54.5 Å². The fourth-order valence-corrected chi connectivity index (χ4v) is 3.25. The Balaban J connectivity index is 0.00000261. The molecule has 0 spiro atoms. The first kappa shape index (κ1) is 27.4. The lowest BCUT2D eigenvalue weighted by Gasteiger charge is -2.37. The summed E-state index contributed by atoms with van der Waals surface area (Å²) >= 11 is 0. The molecule has 1 aliphatic heterocycles. The number of para-hydroxylation sites is 2. The van der Waals surface area contributed by atoms with Crippen LogP contribution in [0, 0.1) is 0 Å². The predicted octanol–water partition coefficient (Wildman–Crippen LogP) is 3.00. The summed E-state index contributed by atoms with van der Waals surface area (Å²) in [5.41, 5.74) is 8.76. The highest BCUT2D eigenvalue weighted by Crippen LogP contribution is 2.26. The van der Waals surface area contributed by atoms with Crippen LogP contribution >= 0.6 is 37.2 Å². The van der Waals surface area contributed by atoms with Crippen LogP contribution < -0.4 is 16.0 Å². The second kappa shape index (κ2) is 14.4. The van der Waals surface area contributed by atoms with Crippen molar-refractivity contribution in [2.75, 3.05) is 49.5 Å². The van der Waals surface area contributed by atoms with Crippen LogP contribution in [-0.2, 0) is 11.2 Å². The maximum Gasteiger partial charge on any atom is 0.225 e. The summed E-state index contributed by atoms with van der Waals surface area (Å²) in [6.07, 6.45) is 5.09. The number of piperazine rings is 1. The van der Waals surface area contributed by atoms with Crippen LogP contribution in [0.3, 0.4) is 0 Å². The van der Waals surface area contributed by atoms with Crippen LogP contribution in [-0.4, -0.2) is 55.1 Å². The number of hydrogen-bond acceptors (Lipinski definition) is 5. The first-order valence-electron chi connectivity index (χ1n) is 9.21. The molecule has 0 radical (unpaired) electrons. The molecule has 29 heavy (non-hydrogen) atoms. The first-order chi connectivity index (χ1) is 12.8. The lowest BCUT2D eigenvalue weighted by Crippen LogP contribution is -2.47. The zero-order valence-electron chi connectivity index (χ0n) is 16.3. The normalized spacial score (nSPS) is 13.5. The van der Waals surface area contributed by atoms with E-state index in [2.05, 4.69) is 38.3 Å². The molecule has 2 heterocycles. The lowest BCUT2D eigenvalue weighted by atomic mass is 10.1. The van der Waals surface area contributed by atoms with Gasteiger partial charge in [-0.05, 0) is 36.2 Å². The second-order valence-electron chi connectivity index (χ2n) is 6.54. The van der Waals surface area contributed by atoms with Crippen LogP contribution in [0.5, 0.6) is 0 Å². The van der Waals surface area contributed by atoms with Crippen LogP contribution in [0.2, 0.25) is 0 Å². The number of nitrogens with two attached hydrogens (primary N) is 1. The number of nitrogens with zero attached hydrogens (tertiary/aromatic N) is 3. The van der Waals surface area contributed by atoms with E-state index in [1.165, 1.54) is 5.56 Å². The lowest BCUT2D eigenvalue weighted by molar-refractivity contribution is -0.116. The summed E-state index contributed by atoms with van der Waals surface area (Å²) in [6.45, 7) is 5.39. The number of halogens is 3. The SMILES string of the molecule is Cl.Cl.Cl.NCCC(=O)Nc1ccccc1N1CCN(CCc2ccncc2)CC1. The van der Waals surface area contributed by atoms with Gasteiger partial charge in [0.15, 0.2) is 0 Å². The zero-order valence-corrected chi connectivity index (χ0v) is 18.8. The van der Waals surface area contributed by atoms with Crippen molar-refractivity contribution in [2.45, 2.75) is 12.8 Å². The van der Waals surface area contributed by atoms with Crippen molar-refractivity contribution in [3.63, 3.8) is 0 Å². The number of carbonyl (C=O) groups is 1. The number of pyridine rings is 1. The number of aromatic nitrogens is 1. The Morgan fingerprint density at radius 3 is 2.31 bits per heavy atom. The Labute approximate surface area is 191 Å². The molecule has 1 aliphatic rings. The van der Waals surface area contributed by atoms with E-state index in [0.717, 1.165) is 50.5 Å². The molecule has 0 saturated carbocycles. The third-order valence-corrected chi connectivity index (χ3v) is 4.73. The summed E-state index contributed by atoms with van der Waals surface area (Å²) in [7, 11) is 0. The largest absolute Gasteiger partial charge is 0.367 e. The minimum atomic E-state index is -0.0315. The van der Waals surface area contributed by atoms with Crippen molar-refractivity contribution < 1.29 is 4.79 Å². The molecule has 3 N–H and O–H groups in total. The number of nitrogens with one attached hydrogen (secondary N) is 1. The molecule has 9 heteroatoms. The standard InChI is InChI=1S/C20H27N5O.3ClH/c21-9-5-20(26)23-18-3-1-2-4-19(18)25-15-13-24(14-16-25)12-8-17-6-10-22-11-7-17;;;/h1-4,6-7,10-11H,5,8-9,12-16,21H2,(H,23,26);3*1H. The summed E-state index contributed by atoms with van der Waals surface area (Å²) in [5, 5.41) is 2.99. The average molecular weight is 463 g/mol. The highest BCUT2D eigenvalue weighted by atomic mass is 35.5. The van der Waals surface area contributed by atoms with Gasteiger partial charge in [0.2, 0.25) is 5.91 Å². The number of amides is 1. The second-order valence-corrected chi connectivity index (χ2v) is 6.54. The van der Waals surface area contributed by atoms with E-state index in [0.29, 0.717) is 13.0 Å². The van der Waals surface area contributed by atoms with Crippen molar-refractivity contribution in [3.05, 3.63) is 54.4 Å². The molecule has 0 aliphatic carbocycles. The van der Waals surface area contributed by atoms with E-state index in [1.807, 2.05) is 30.6 Å². The average Bonchev–Trinajstić information content (AvgIpc) is 2.68. The fourth-order valence-electron chi connectivity index (χ4n) is 3.25. The summed E-state index contributed by atoms with van der Waals surface area (Å²) in [6, 6.07) is 12.2. The van der Waals surface area contributed by atoms with Crippen molar-refractivity contribution in [3.8, 4) is 0 Å². The maximum absolute atomic E-state index is 11.9. The van der Waals surface area contributed by atoms with E-state index in [9.17, 15) is 4.79 Å². The van der Waals surface area contributed by atoms with E-state index in [1.54, 1.807) is 0 Å². The predicted molar refractivity (Wildman–Crippen MR) is 127 cm³/mol. The number of hydrogen-bond donors (Lipinski definition) is 2. The summed E-state index contributed by atoms with van der Waals surface area (Å²) < 4.78 is 0. The smallest absolute Gasteiger partial charge is 0.225 e. The molecule has 0 atom stereocenters. The molecule has 1 aromatic heterocycles. The van der Waals surface area contributed by atoms with Gasteiger partial charge in [0.1, 0.15) is 0 Å². The van der Waals surface area contributed by atoms with Crippen molar-refractivity contribution in [2.24, 2.45) is 5.73 Å². The van der Waals surface area contributed by atoms with Gasteiger partial charge in [-0.25, -0.2) is 0 Å². The van der Waals surface area contributed by atoms with Gasteiger partial charge >= 0.3 is 0 Å². The molecule has 162 valence electrons. The maximum atomic E-state index is 11.9. The van der Waals surface area contributed by atoms with Crippen LogP contribution in [0.1, 0.15) is 12.0 Å². The van der Waals surface area contributed by atoms with Crippen molar-refractivity contribution in [1.29, 1.82) is 0 Å². The molecular formula is C20H30Cl3N5O. The van der Waals surface area contributed by atoms with Gasteiger partial charge in [-0.15, -0.1) is 37.2 Å². The Morgan fingerprint density at radius 2 is 1.66 bits per heavy atom. The van der Waals surface area contributed by atoms with Gasteiger partial charge in [-0.3, -0.25) is 14.7 Å². The minimum Gasteiger partial charge on any atom is -0.367 e. The molecule has 0 unspecified atom stereocenters. The van der Waals surface area contributed by atoms with Gasteiger partial charge < -0.3 is 16.0 Å². The van der Waals surface area contributed by atoms with E-state index in [4.69, 9.17) is 5.73 Å². The van der Waals surface area contributed by atoms with Crippen LogP contribution in [0.4, 0.5) is 11.4 Å². The topological polar surface area (TPSA) is 74.5 Å². The molecule has 3 rings (SSSR count). The highest BCUT2D eigenvalue weighted by molar-refractivity contribution is 5.94. The Hall–Kier alpha value is -1.57. The fraction of sp³-hybridized carbons (Fsp3) is 0.400. The van der Waals surface area contributed by atoms with Gasteiger partial charge in [0, 0.05) is 58.1 Å². The molecule has 1 saturated heterocycles. The molecular weight excluding hydrogens is 433 g/mol. The molecule has 0 bridgehead atoms. The minimum absolute atomic E-state index is 0. The number of carbonyl (C=O) groups excluding carboxylic acids is 1. The van der Waals surface area contributed by atoms with Crippen LogP contribution in [0.25, 0.3) is 0 Å². The Morgan fingerprint density at radius 1 is 1.00 bits per heavy atom. The first-order valence-corrected chi connectivity index (χ1v) is 9.21.